The van der Waals surface area contributed by atoms with E-state index in [4.69, 9.17) is 16.3 Å². The van der Waals surface area contributed by atoms with Crippen LogP contribution in [0.15, 0.2) is 67.3 Å². The molecule has 3 aromatic rings. The van der Waals surface area contributed by atoms with Gasteiger partial charge in [0.15, 0.2) is 0 Å². The van der Waals surface area contributed by atoms with Gasteiger partial charge in [-0.3, -0.25) is 4.79 Å². The molecular weight excluding hydrogens is 362 g/mol. The number of amides is 1. The molecule has 0 spiro atoms. The first-order valence-corrected chi connectivity index (χ1v) is 9.30. The Labute approximate surface area is 164 Å². The van der Waals surface area contributed by atoms with E-state index in [1.54, 1.807) is 12.5 Å². The molecular formula is C21H22ClN3O2. The highest BCUT2D eigenvalue weighted by Crippen LogP contribution is 2.24. The highest BCUT2D eigenvalue weighted by Gasteiger charge is 2.08. The van der Waals surface area contributed by atoms with E-state index >= 15 is 0 Å². The van der Waals surface area contributed by atoms with Crippen molar-refractivity contribution in [1.29, 1.82) is 0 Å². The van der Waals surface area contributed by atoms with E-state index in [-0.39, 0.29) is 5.91 Å². The number of hydrogen-bond donors (Lipinski definition) is 1. The van der Waals surface area contributed by atoms with Crippen LogP contribution in [0.25, 0.3) is 0 Å². The minimum atomic E-state index is -0.0189. The van der Waals surface area contributed by atoms with Crippen molar-refractivity contribution < 1.29 is 9.53 Å². The zero-order chi connectivity index (χ0) is 18.9. The number of carbonyl (C=O) groups is 1. The molecule has 1 amide bonds. The molecule has 0 fully saturated rings. The SMILES string of the molecule is O=C(CCCc1ccc(Cl)cc1)Nc1ccccc1OCCn1ccnc1. The zero-order valence-corrected chi connectivity index (χ0v) is 15.7. The molecule has 0 aliphatic rings. The van der Waals surface area contributed by atoms with Gasteiger partial charge in [0.05, 0.1) is 18.6 Å². The number of rotatable bonds is 9. The summed E-state index contributed by atoms with van der Waals surface area (Å²) in [7, 11) is 0. The molecule has 6 heteroatoms. The molecule has 0 radical (unpaired) electrons. The first-order chi connectivity index (χ1) is 13.2. The van der Waals surface area contributed by atoms with Crippen LogP contribution in [0.1, 0.15) is 18.4 Å². The van der Waals surface area contributed by atoms with Gasteiger partial charge in [0, 0.05) is 23.8 Å². The number of nitrogens with one attached hydrogen (secondary N) is 1. The Hall–Kier alpha value is -2.79. The molecule has 5 nitrogen and oxygen atoms in total. The van der Waals surface area contributed by atoms with E-state index in [9.17, 15) is 4.79 Å². The summed E-state index contributed by atoms with van der Waals surface area (Å²) >= 11 is 5.89. The number of ether oxygens (including phenoxy) is 1. The minimum Gasteiger partial charge on any atom is -0.490 e. The van der Waals surface area contributed by atoms with Gasteiger partial charge in [-0.05, 0) is 42.7 Å². The van der Waals surface area contributed by atoms with Gasteiger partial charge in [-0.1, -0.05) is 35.9 Å². The summed E-state index contributed by atoms with van der Waals surface area (Å²) in [6.45, 7) is 1.20. The molecule has 0 saturated carbocycles. The lowest BCUT2D eigenvalue weighted by molar-refractivity contribution is -0.116. The molecule has 140 valence electrons. The lowest BCUT2D eigenvalue weighted by atomic mass is 10.1. The van der Waals surface area contributed by atoms with Crippen LogP contribution in [0.4, 0.5) is 5.69 Å². The van der Waals surface area contributed by atoms with Gasteiger partial charge >= 0.3 is 0 Å². The lowest BCUT2D eigenvalue weighted by Gasteiger charge is -2.12. The largest absolute Gasteiger partial charge is 0.490 e. The van der Waals surface area contributed by atoms with E-state index in [0.717, 1.165) is 17.9 Å². The van der Waals surface area contributed by atoms with Crippen molar-refractivity contribution in [3.8, 4) is 5.75 Å². The Bertz CT molecular complexity index is 848. The van der Waals surface area contributed by atoms with Crippen molar-refractivity contribution >= 4 is 23.2 Å². The molecule has 27 heavy (non-hydrogen) atoms. The summed E-state index contributed by atoms with van der Waals surface area (Å²) in [6.07, 6.45) is 7.43. The number of halogens is 1. The maximum absolute atomic E-state index is 12.3. The average Bonchev–Trinajstić information content (AvgIpc) is 3.18. The van der Waals surface area contributed by atoms with Gasteiger partial charge in [-0.25, -0.2) is 4.98 Å². The van der Waals surface area contributed by atoms with Crippen LogP contribution < -0.4 is 10.1 Å². The standard InChI is InChI=1S/C21H22ClN3O2/c22-18-10-8-17(9-11-18)4-3-7-21(26)24-19-5-1-2-6-20(19)27-15-14-25-13-12-23-16-25/h1-2,5-6,8-13,16H,3-4,7,14-15H2,(H,24,26). The zero-order valence-electron chi connectivity index (χ0n) is 15.0. The summed E-state index contributed by atoms with van der Waals surface area (Å²) in [5.74, 6) is 0.651. The molecule has 1 aromatic heterocycles. The van der Waals surface area contributed by atoms with Crippen molar-refractivity contribution in [2.24, 2.45) is 0 Å². The molecule has 0 saturated heterocycles. The molecule has 0 atom stereocenters. The van der Waals surface area contributed by atoms with Crippen molar-refractivity contribution in [1.82, 2.24) is 9.55 Å². The third kappa shape index (κ3) is 6.15. The van der Waals surface area contributed by atoms with Crippen LogP contribution in [-0.4, -0.2) is 22.1 Å². The number of aryl methyl sites for hydroxylation is 1. The topological polar surface area (TPSA) is 56.1 Å². The molecule has 3 rings (SSSR count). The van der Waals surface area contributed by atoms with E-state index in [1.807, 2.05) is 59.3 Å². The number of carbonyl (C=O) groups excluding carboxylic acids is 1. The third-order valence-electron chi connectivity index (χ3n) is 4.11. The molecule has 1 N–H and O–H groups in total. The van der Waals surface area contributed by atoms with Crippen LogP contribution in [0.5, 0.6) is 5.75 Å². The van der Waals surface area contributed by atoms with Gasteiger partial charge < -0.3 is 14.6 Å². The second kappa shape index (κ2) is 9.78. The number of benzene rings is 2. The highest BCUT2D eigenvalue weighted by atomic mass is 35.5. The Morgan fingerprint density at radius 2 is 1.96 bits per heavy atom. The first-order valence-electron chi connectivity index (χ1n) is 8.92. The van der Waals surface area contributed by atoms with E-state index in [1.165, 1.54) is 5.56 Å². The predicted octanol–water partition coefficient (Wildman–Crippen LogP) is 4.58. The van der Waals surface area contributed by atoms with Crippen LogP contribution in [0.2, 0.25) is 5.02 Å². The number of nitrogens with zero attached hydrogens (tertiary/aromatic N) is 2. The van der Waals surface area contributed by atoms with E-state index in [2.05, 4.69) is 10.3 Å². The van der Waals surface area contributed by atoms with Gasteiger partial charge in [0.2, 0.25) is 5.91 Å². The monoisotopic (exact) mass is 383 g/mol. The lowest BCUT2D eigenvalue weighted by Crippen LogP contribution is -2.13. The molecule has 0 unspecified atom stereocenters. The first kappa shape index (κ1) is 19.0. The third-order valence-corrected chi connectivity index (χ3v) is 4.36. The normalized spacial score (nSPS) is 10.6. The molecule has 0 aliphatic carbocycles. The van der Waals surface area contributed by atoms with E-state index in [0.29, 0.717) is 31.0 Å². The summed E-state index contributed by atoms with van der Waals surface area (Å²) < 4.78 is 7.76. The summed E-state index contributed by atoms with van der Waals surface area (Å²) in [5, 5.41) is 3.67. The van der Waals surface area contributed by atoms with Crippen molar-refractivity contribution in [2.75, 3.05) is 11.9 Å². The highest BCUT2D eigenvalue weighted by molar-refractivity contribution is 6.30. The molecule has 2 aromatic carbocycles. The van der Waals surface area contributed by atoms with Gasteiger partial charge in [0.25, 0.3) is 0 Å². The predicted molar refractivity (Wildman–Crippen MR) is 107 cm³/mol. The number of aromatic nitrogens is 2. The molecule has 1 heterocycles. The van der Waals surface area contributed by atoms with Crippen molar-refractivity contribution in [3.63, 3.8) is 0 Å². The van der Waals surface area contributed by atoms with Gasteiger partial charge in [0.1, 0.15) is 12.4 Å². The Morgan fingerprint density at radius 1 is 1.15 bits per heavy atom. The van der Waals surface area contributed by atoms with Gasteiger partial charge in [-0.15, -0.1) is 0 Å². The average molecular weight is 384 g/mol. The Kier molecular flexibility index (Phi) is 6.88. The Morgan fingerprint density at radius 3 is 2.74 bits per heavy atom. The fraction of sp³-hybridized carbons (Fsp3) is 0.238. The maximum Gasteiger partial charge on any atom is 0.224 e. The van der Waals surface area contributed by atoms with Crippen LogP contribution in [0.3, 0.4) is 0 Å². The summed E-state index contributed by atoms with van der Waals surface area (Å²) in [6, 6.07) is 15.2. The van der Waals surface area contributed by atoms with Crippen molar-refractivity contribution in [3.05, 3.63) is 77.8 Å². The van der Waals surface area contributed by atoms with Crippen molar-refractivity contribution in [2.45, 2.75) is 25.8 Å². The fourth-order valence-electron chi connectivity index (χ4n) is 2.69. The van der Waals surface area contributed by atoms with Crippen LogP contribution >= 0.6 is 11.6 Å². The summed E-state index contributed by atoms with van der Waals surface area (Å²) in [4.78, 5) is 16.3. The number of anilines is 1. The minimum absolute atomic E-state index is 0.0189. The number of para-hydroxylation sites is 2. The quantitative estimate of drug-likeness (QED) is 0.588. The fourth-order valence-corrected chi connectivity index (χ4v) is 2.82. The Balaban J connectivity index is 1.46. The molecule has 0 bridgehead atoms. The number of hydrogen-bond acceptors (Lipinski definition) is 3. The maximum atomic E-state index is 12.3. The molecule has 0 aliphatic heterocycles. The smallest absolute Gasteiger partial charge is 0.224 e. The van der Waals surface area contributed by atoms with Crippen LogP contribution in [-0.2, 0) is 17.8 Å². The number of imidazole rings is 1. The van der Waals surface area contributed by atoms with Gasteiger partial charge in [-0.2, -0.15) is 0 Å². The van der Waals surface area contributed by atoms with E-state index < -0.39 is 0 Å². The summed E-state index contributed by atoms with van der Waals surface area (Å²) in [5.41, 5.74) is 1.87. The van der Waals surface area contributed by atoms with Crippen LogP contribution in [0, 0.1) is 0 Å². The second-order valence-corrected chi connectivity index (χ2v) is 6.61. The second-order valence-electron chi connectivity index (χ2n) is 6.17.